The van der Waals surface area contributed by atoms with Crippen LogP contribution in [-0.2, 0) is 0 Å². The van der Waals surface area contributed by atoms with Crippen molar-refractivity contribution in [2.24, 2.45) is 0 Å². The zero-order chi connectivity index (χ0) is 16.0. The lowest BCUT2D eigenvalue weighted by Crippen LogP contribution is -2.47. The molecule has 0 saturated carbocycles. The molecule has 0 spiro atoms. The highest BCUT2D eigenvalue weighted by molar-refractivity contribution is 5.95. The molecule has 1 rings (SSSR count). The summed E-state index contributed by atoms with van der Waals surface area (Å²) in [4.78, 5) is 13.6. The average molecular weight is 293 g/mol. The molecule has 0 atom stereocenters. The van der Waals surface area contributed by atoms with E-state index in [4.69, 9.17) is 5.11 Å². The van der Waals surface area contributed by atoms with Gasteiger partial charge in [-0.1, -0.05) is 11.8 Å². The third-order valence-corrected chi connectivity index (χ3v) is 3.27. The van der Waals surface area contributed by atoms with Crippen molar-refractivity contribution >= 4 is 5.91 Å². The second-order valence-electron chi connectivity index (χ2n) is 5.30. The van der Waals surface area contributed by atoms with Gasteiger partial charge in [-0.2, -0.15) is 0 Å². The number of halogens is 1. The van der Waals surface area contributed by atoms with Crippen LogP contribution < -0.4 is 0 Å². The van der Waals surface area contributed by atoms with Crippen molar-refractivity contribution in [2.75, 3.05) is 20.3 Å². The number of hydrogen-bond acceptors (Lipinski definition) is 3. The highest BCUT2D eigenvalue weighted by Crippen LogP contribution is 2.18. The Morgan fingerprint density at radius 1 is 1.38 bits per heavy atom. The smallest absolute Gasteiger partial charge is 0.257 e. The Balaban J connectivity index is 3.10. The van der Waals surface area contributed by atoms with Crippen LogP contribution in [-0.4, -0.2) is 46.8 Å². The summed E-state index contributed by atoms with van der Waals surface area (Å²) in [6.45, 7) is 3.10. The van der Waals surface area contributed by atoms with E-state index in [1.165, 1.54) is 30.1 Å². The van der Waals surface area contributed by atoms with Crippen LogP contribution in [0.25, 0.3) is 0 Å². The topological polar surface area (TPSA) is 60.8 Å². The van der Waals surface area contributed by atoms with Crippen LogP contribution >= 0.6 is 0 Å². The first kappa shape index (κ1) is 17.2. The Labute approximate surface area is 124 Å². The monoisotopic (exact) mass is 293 g/mol. The standard InChI is InChI=1S/C16H20FNO3/c1-16(2,11-20)18(3)15(21)13-10-12(6-4-5-9-19)7-8-14(13)17/h7-8,10,19-20H,5,9,11H2,1-3H3. The van der Waals surface area contributed by atoms with E-state index in [-0.39, 0.29) is 18.8 Å². The minimum atomic E-state index is -0.790. The summed E-state index contributed by atoms with van der Waals surface area (Å²) < 4.78 is 13.9. The number of amides is 1. The third kappa shape index (κ3) is 4.28. The van der Waals surface area contributed by atoms with Crippen molar-refractivity contribution in [3.05, 3.63) is 35.1 Å². The number of benzene rings is 1. The van der Waals surface area contributed by atoms with Gasteiger partial charge in [-0.3, -0.25) is 4.79 Å². The van der Waals surface area contributed by atoms with Crippen LogP contribution in [0.5, 0.6) is 0 Å². The van der Waals surface area contributed by atoms with Crippen LogP contribution in [0.15, 0.2) is 18.2 Å². The fourth-order valence-electron chi connectivity index (χ4n) is 1.55. The number of carbonyl (C=O) groups excluding carboxylic acids is 1. The normalized spacial score (nSPS) is 10.8. The van der Waals surface area contributed by atoms with Crippen molar-refractivity contribution in [1.29, 1.82) is 0 Å². The van der Waals surface area contributed by atoms with Gasteiger partial charge in [0.1, 0.15) is 5.82 Å². The maximum absolute atomic E-state index is 13.9. The molecular formula is C16H20FNO3. The quantitative estimate of drug-likeness (QED) is 0.825. The Hall–Kier alpha value is -1.90. The van der Waals surface area contributed by atoms with E-state index in [2.05, 4.69) is 11.8 Å². The first-order chi connectivity index (χ1) is 9.83. The molecule has 0 aliphatic heterocycles. The van der Waals surface area contributed by atoms with E-state index in [0.29, 0.717) is 12.0 Å². The van der Waals surface area contributed by atoms with Gasteiger partial charge in [0, 0.05) is 19.0 Å². The number of aliphatic hydroxyl groups is 2. The van der Waals surface area contributed by atoms with Gasteiger partial charge in [0.2, 0.25) is 0 Å². The largest absolute Gasteiger partial charge is 0.395 e. The summed E-state index contributed by atoms with van der Waals surface area (Å²) in [7, 11) is 1.52. The van der Waals surface area contributed by atoms with Crippen LogP contribution in [0.4, 0.5) is 4.39 Å². The van der Waals surface area contributed by atoms with Crippen molar-refractivity contribution < 1.29 is 19.4 Å². The molecule has 21 heavy (non-hydrogen) atoms. The molecule has 5 heteroatoms. The molecular weight excluding hydrogens is 273 g/mol. The summed E-state index contributed by atoms with van der Waals surface area (Å²) in [5, 5.41) is 18.0. The van der Waals surface area contributed by atoms with Gasteiger partial charge in [0.05, 0.1) is 24.3 Å². The molecule has 0 aliphatic rings. The van der Waals surface area contributed by atoms with Crippen molar-refractivity contribution in [2.45, 2.75) is 25.8 Å². The molecule has 0 aliphatic carbocycles. The maximum atomic E-state index is 13.9. The molecule has 114 valence electrons. The Morgan fingerprint density at radius 2 is 2.05 bits per heavy atom. The molecule has 0 aromatic heterocycles. The number of rotatable bonds is 4. The number of aliphatic hydroxyl groups excluding tert-OH is 2. The summed E-state index contributed by atoms with van der Waals surface area (Å²) in [6, 6.07) is 4.05. The fraction of sp³-hybridized carbons (Fsp3) is 0.438. The first-order valence-electron chi connectivity index (χ1n) is 6.62. The lowest BCUT2D eigenvalue weighted by molar-refractivity contribution is 0.0469. The van der Waals surface area contributed by atoms with Crippen LogP contribution in [0.2, 0.25) is 0 Å². The number of carbonyl (C=O) groups is 1. The lowest BCUT2D eigenvalue weighted by atomic mass is 10.0. The van der Waals surface area contributed by atoms with E-state index in [0.717, 1.165) is 0 Å². The van der Waals surface area contributed by atoms with Crippen molar-refractivity contribution in [1.82, 2.24) is 4.90 Å². The number of likely N-dealkylation sites (N-methyl/N-ethyl adjacent to an activating group) is 1. The SMILES string of the molecule is CN(C(=O)c1cc(C#CCCO)ccc1F)C(C)(C)CO. The second-order valence-corrected chi connectivity index (χ2v) is 5.30. The molecule has 1 aromatic carbocycles. The van der Waals surface area contributed by atoms with Crippen molar-refractivity contribution in [3.8, 4) is 11.8 Å². The second kappa shape index (κ2) is 7.21. The molecule has 0 heterocycles. The van der Waals surface area contributed by atoms with E-state index in [1.807, 2.05) is 0 Å². The fourth-order valence-corrected chi connectivity index (χ4v) is 1.55. The predicted octanol–water partition coefficient (Wildman–Crippen LogP) is 1.40. The molecule has 0 unspecified atom stereocenters. The summed E-state index contributed by atoms with van der Waals surface area (Å²) in [6.07, 6.45) is 0.318. The Kier molecular flexibility index (Phi) is 5.89. The van der Waals surface area contributed by atoms with Crippen LogP contribution in [0.1, 0.15) is 36.2 Å². The highest BCUT2D eigenvalue weighted by atomic mass is 19.1. The number of nitrogens with zero attached hydrogens (tertiary/aromatic N) is 1. The van der Waals surface area contributed by atoms with E-state index in [9.17, 15) is 14.3 Å². The maximum Gasteiger partial charge on any atom is 0.257 e. The van der Waals surface area contributed by atoms with E-state index >= 15 is 0 Å². The molecule has 0 radical (unpaired) electrons. The first-order valence-corrected chi connectivity index (χ1v) is 6.62. The van der Waals surface area contributed by atoms with E-state index in [1.54, 1.807) is 13.8 Å². The summed E-state index contributed by atoms with van der Waals surface area (Å²) in [5.41, 5.74) is -0.375. The number of hydrogen-bond donors (Lipinski definition) is 2. The minimum Gasteiger partial charge on any atom is -0.395 e. The van der Waals surface area contributed by atoms with Crippen molar-refractivity contribution in [3.63, 3.8) is 0 Å². The molecule has 0 bridgehead atoms. The van der Waals surface area contributed by atoms with Gasteiger partial charge in [-0.15, -0.1) is 0 Å². The summed E-state index contributed by atoms with van der Waals surface area (Å²) >= 11 is 0. The minimum absolute atomic E-state index is 0.0482. The molecule has 1 aromatic rings. The van der Waals surface area contributed by atoms with Gasteiger partial charge < -0.3 is 15.1 Å². The lowest BCUT2D eigenvalue weighted by Gasteiger charge is -2.34. The third-order valence-electron chi connectivity index (χ3n) is 3.27. The van der Waals surface area contributed by atoms with Gasteiger partial charge >= 0.3 is 0 Å². The van der Waals surface area contributed by atoms with Crippen LogP contribution in [0.3, 0.4) is 0 Å². The molecule has 4 nitrogen and oxygen atoms in total. The van der Waals surface area contributed by atoms with Gasteiger partial charge in [0.25, 0.3) is 5.91 Å². The van der Waals surface area contributed by atoms with Gasteiger partial charge in [-0.25, -0.2) is 4.39 Å². The zero-order valence-corrected chi connectivity index (χ0v) is 12.5. The van der Waals surface area contributed by atoms with Gasteiger partial charge in [-0.05, 0) is 32.0 Å². The molecule has 0 saturated heterocycles. The summed E-state index contributed by atoms with van der Waals surface area (Å²) in [5.74, 6) is 4.34. The predicted molar refractivity (Wildman–Crippen MR) is 78.2 cm³/mol. The molecule has 0 fully saturated rings. The molecule has 1 amide bonds. The van der Waals surface area contributed by atoms with Gasteiger partial charge in [0.15, 0.2) is 0 Å². The van der Waals surface area contributed by atoms with Crippen LogP contribution in [0, 0.1) is 17.7 Å². The highest BCUT2D eigenvalue weighted by Gasteiger charge is 2.29. The molecule has 2 N–H and O–H groups in total. The Bertz CT molecular complexity index is 573. The Morgan fingerprint density at radius 3 is 2.62 bits per heavy atom. The zero-order valence-electron chi connectivity index (χ0n) is 12.5. The van der Waals surface area contributed by atoms with E-state index < -0.39 is 17.3 Å². The average Bonchev–Trinajstić information content (AvgIpc) is 2.47.